The first-order valence-electron chi connectivity index (χ1n) is 6.51. The number of nitrogens with two attached hydrogens (primary N) is 1. The summed E-state index contributed by atoms with van der Waals surface area (Å²) in [7, 11) is 3.42. The highest BCUT2D eigenvalue weighted by molar-refractivity contribution is 7.18. The van der Waals surface area contributed by atoms with Crippen LogP contribution in [0.4, 0.5) is 10.7 Å². The van der Waals surface area contributed by atoms with Crippen molar-refractivity contribution in [3.63, 3.8) is 0 Å². The van der Waals surface area contributed by atoms with Gasteiger partial charge in [0.15, 0.2) is 0 Å². The molecular formula is C13H20N4O2S. The van der Waals surface area contributed by atoms with Crippen molar-refractivity contribution >= 4 is 33.8 Å². The zero-order chi connectivity index (χ0) is 14.9. The first-order valence-corrected chi connectivity index (χ1v) is 7.33. The van der Waals surface area contributed by atoms with Crippen molar-refractivity contribution < 1.29 is 9.59 Å². The molecule has 1 fully saturated rings. The van der Waals surface area contributed by atoms with Gasteiger partial charge in [0.25, 0.3) is 5.91 Å². The second-order valence-corrected chi connectivity index (χ2v) is 6.23. The maximum Gasteiger partial charge on any atom is 0.265 e. The van der Waals surface area contributed by atoms with Crippen molar-refractivity contribution in [3.05, 3.63) is 10.9 Å². The van der Waals surface area contributed by atoms with E-state index in [4.69, 9.17) is 5.73 Å². The van der Waals surface area contributed by atoms with Gasteiger partial charge in [-0.1, -0.05) is 0 Å². The molecule has 20 heavy (non-hydrogen) atoms. The summed E-state index contributed by atoms with van der Waals surface area (Å²) in [6, 6.07) is 2.01. The lowest BCUT2D eigenvalue weighted by Crippen LogP contribution is -2.35. The molecule has 0 saturated carbocycles. The summed E-state index contributed by atoms with van der Waals surface area (Å²) >= 11 is 1.41. The SMILES string of the molecule is CC(=O)NC1CCN(c2cc(N)c(C(=O)N(C)C)s2)C1. The van der Waals surface area contributed by atoms with Crippen LogP contribution in [0.15, 0.2) is 6.07 Å². The molecule has 0 bridgehead atoms. The van der Waals surface area contributed by atoms with Gasteiger partial charge in [-0.3, -0.25) is 9.59 Å². The number of hydrogen-bond donors (Lipinski definition) is 2. The van der Waals surface area contributed by atoms with E-state index in [2.05, 4.69) is 10.2 Å². The largest absolute Gasteiger partial charge is 0.397 e. The third-order valence-electron chi connectivity index (χ3n) is 3.26. The molecule has 0 aliphatic carbocycles. The number of nitrogens with zero attached hydrogens (tertiary/aromatic N) is 2. The Bertz CT molecular complexity index is 526. The Labute approximate surface area is 122 Å². The summed E-state index contributed by atoms with van der Waals surface area (Å²) in [5.41, 5.74) is 6.45. The average molecular weight is 296 g/mol. The van der Waals surface area contributed by atoms with E-state index in [9.17, 15) is 9.59 Å². The highest BCUT2D eigenvalue weighted by atomic mass is 32.1. The molecular weight excluding hydrogens is 276 g/mol. The van der Waals surface area contributed by atoms with Gasteiger partial charge in [-0.15, -0.1) is 11.3 Å². The predicted molar refractivity (Wildman–Crippen MR) is 81.2 cm³/mol. The van der Waals surface area contributed by atoms with Crippen molar-refractivity contribution in [1.82, 2.24) is 10.2 Å². The summed E-state index contributed by atoms with van der Waals surface area (Å²) in [5, 5.41) is 3.91. The molecule has 110 valence electrons. The lowest BCUT2D eigenvalue weighted by atomic mass is 10.3. The van der Waals surface area contributed by atoms with Crippen LogP contribution in [0.2, 0.25) is 0 Å². The number of rotatable bonds is 3. The van der Waals surface area contributed by atoms with Crippen LogP contribution < -0.4 is 16.0 Å². The molecule has 6 nitrogen and oxygen atoms in total. The van der Waals surface area contributed by atoms with Crippen molar-refractivity contribution in [2.75, 3.05) is 37.8 Å². The Balaban J connectivity index is 2.10. The number of thiophene rings is 1. The second-order valence-electron chi connectivity index (χ2n) is 5.20. The number of anilines is 2. The number of amides is 2. The number of carbonyl (C=O) groups excluding carboxylic acids is 2. The first kappa shape index (κ1) is 14.6. The van der Waals surface area contributed by atoms with Gasteiger partial charge in [-0.25, -0.2) is 0 Å². The van der Waals surface area contributed by atoms with E-state index in [1.54, 1.807) is 14.1 Å². The lowest BCUT2D eigenvalue weighted by Gasteiger charge is -2.16. The highest BCUT2D eigenvalue weighted by Crippen LogP contribution is 2.34. The van der Waals surface area contributed by atoms with Crippen molar-refractivity contribution in [2.24, 2.45) is 0 Å². The number of hydrogen-bond acceptors (Lipinski definition) is 5. The summed E-state index contributed by atoms with van der Waals surface area (Å²) < 4.78 is 0. The minimum absolute atomic E-state index is 0.00832. The average Bonchev–Trinajstić information content (AvgIpc) is 2.94. The topological polar surface area (TPSA) is 78.7 Å². The molecule has 3 N–H and O–H groups in total. The lowest BCUT2D eigenvalue weighted by molar-refractivity contribution is -0.119. The number of nitrogen functional groups attached to an aromatic ring is 1. The summed E-state index contributed by atoms with van der Waals surface area (Å²) in [4.78, 5) is 27.3. The van der Waals surface area contributed by atoms with E-state index in [0.717, 1.165) is 24.5 Å². The van der Waals surface area contributed by atoms with E-state index in [1.165, 1.54) is 23.2 Å². The molecule has 2 amide bonds. The minimum Gasteiger partial charge on any atom is -0.397 e. The van der Waals surface area contributed by atoms with Crippen LogP contribution in [0.5, 0.6) is 0 Å². The van der Waals surface area contributed by atoms with Crippen LogP contribution in [-0.4, -0.2) is 49.9 Å². The first-order chi connectivity index (χ1) is 9.38. The van der Waals surface area contributed by atoms with E-state index >= 15 is 0 Å². The van der Waals surface area contributed by atoms with E-state index in [-0.39, 0.29) is 17.9 Å². The molecule has 1 aromatic rings. The van der Waals surface area contributed by atoms with Gasteiger partial charge in [0.05, 0.1) is 10.7 Å². The van der Waals surface area contributed by atoms with Gasteiger partial charge < -0.3 is 20.9 Å². The third-order valence-corrected chi connectivity index (χ3v) is 4.46. The molecule has 1 saturated heterocycles. The fourth-order valence-electron chi connectivity index (χ4n) is 2.28. The quantitative estimate of drug-likeness (QED) is 0.862. The van der Waals surface area contributed by atoms with E-state index in [1.807, 2.05) is 6.07 Å². The second kappa shape index (κ2) is 5.70. The van der Waals surface area contributed by atoms with Crippen LogP contribution in [-0.2, 0) is 4.79 Å². The van der Waals surface area contributed by atoms with E-state index < -0.39 is 0 Å². The molecule has 1 aliphatic rings. The van der Waals surface area contributed by atoms with Gasteiger partial charge in [0.2, 0.25) is 5.91 Å². The number of nitrogens with one attached hydrogen (secondary N) is 1. The maximum atomic E-state index is 12.0. The summed E-state index contributed by atoms with van der Waals surface area (Å²) in [6.07, 6.45) is 0.911. The zero-order valence-corrected chi connectivity index (χ0v) is 12.8. The van der Waals surface area contributed by atoms with Gasteiger partial charge in [0, 0.05) is 40.2 Å². The normalized spacial score (nSPS) is 18.1. The Morgan fingerprint density at radius 1 is 1.50 bits per heavy atom. The predicted octanol–water partition coefficient (Wildman–Crippen LogP) is 0.747. The Hall–Kier alpha value is -1.76. The molecule has 0 aromatic carbocycles. The van der Waals surface area contributed by atoms with Gasteiger partial charge in [-0.2, -0.15) is 0 Å². The van der Waals surface area contributed by atoms with Gasteiger partial charge in [-0.05, 0) is 12.5 Å². The zero-order valence-electron chi connectivity index (χ0n) is 12.0. The minimum atomic E-state index is -0.0728. The molecule has 1 aromatic heterocycles. The smallest absolute Gasteiger partial charge is 0.265 e. The highest BCUT2D eigenvalue weighted by Gasteiger charge is 2.26. The third kappa shape index (κ3) is 3.04. The molecule has 1 aliphatic heterocycles. The standard InChI is InChI=1S/C13H20N4O2S/c1-8(18)15-9-4-5-17(7-9)11-6-10(14)12(20-11)13(19)16(2)3/h6,9H,4-5,7,14H2,1-3H3,(H,15,18). The monoisotopic (exact) mass is 296 g/mol. The molecule has 1 atom stereocenters. The molecule has 2 heterocycles. The van der Waals surface area contributed by atoms with Crippen molar-refractivity contribution in [3.8, 4) is 0 Å². The Morgan fingerprint density at radius 2 is 2.20 bits per heavy atom. The maximum absolute atomic E-state index is 12.0. The van der Waals surface area contributed by atoms with Crippen LogP contribution >= 0.6 is 11.3 Å². The fourth-order valence-corrected chi connectivity index (χ4v) is 3.42. The summed E-state index contributed by atoms with van der Waals surface area (Å²) in [5.74, 6) is -0.0811. The Kier molecular flexibility index (Phi) is 4.17. The van der Waals surface area contributed by atoms with Crippen molar-refractivity contribution in [2.45, 2.75) is 19.4 Å². The van der Waals surface area contributed by atoms with Crippen LogP contribution in [0.25, 0.3) is 0 Å². The molecule has 1 unspecified atom stereocenters. The molecule has 7 heteroatoms. The molecule has 0 spiro atoms. The van der Waals surface area contributed by atoms with Gasteiger partial charge in [0.1, 0.15) is 4.88 Å². The van der Waals surface area contributed by atoms with Crippen molar-refractivity contribution in [1.29, 1.82) is 0 Å². The van der Waals surface area contributed by atoms with Crippen LogP contribution in [0, 0.1) is 0 Å². The molecule has 2 rings (SSSR count). The summed E-state index contributed by atoms with van der Waals surface area (Å²) in [6.45, 7) is 3.15. The van der Waals surface area contributed by atoms with Gasteiger partial charge >= 0.3 is 0 Å². The van der Waals surface area contributed by atoms with Crippen LogP contribution in [0.3, 0.4) is 0 Å². The fraction of sp³-hybridized carbons (Fsp3) is 0.538. The van der Waals surface area contributed by atoms with Crippen LogP contribution in [0.1, 0.15) is 23.0 Å². The Morgan fingerprint density at radius 3 is 2.80 bits per heavy atom. The molecule has 0 radical (unpaired) electrons. The van der Waals surface area contributed by atoms with E-state index in [0.29, 0.717) is 10.6 Å². The number of carbonyl (C=O) groups is 2.